The molecule has 0 atom stereocenters. The molecule has 2 fully saturated rings. The van der Waals surface area contributed by atoms with Gasteiger partial charge in [0, 0.05) is 12.1 Å². The largest absolute Gasteiger partial charge is 0.477 e. The first-order chi connectivity index (χ1) is 8.74. The number of nitrogens with zero attached hydrogens (tertiary/aromatic N) is 2. The van der Waals surface area contributed by atoms with Gasteiger partial charge in [-0.15, -0.1) is 0 Å². The fourth-order valence-electron chi connectivity index (χ4n) is 2.60. The van der Waals surface area contributed by atoms with E-state index < -0.39 is 5.97 Å². The molecule has 2 aliphatic rings. The summed E-state index contributed by atoms with van der Waals surface area (Å²) < 4.78 is 1.72. The summed E-state index contributed by atoms with van der Waals surface area (Å²) in [4.78, 5) is 15.9. The number of hydrogen-bond donors (Lipinski definition) is 1. The van der Waals surface area contributed by atoms with Gasteiger partial charge in [0.05, 0.1) is 5.69 Å². The number of carboxylic acid groups (broad SMARTS) is 1. The number of fused-ring (bicyclic) bond motifs is 1. The number of aromatic nitrogens is 2. The Morgan fingerprint density at radius 1 is 1.28 bits per heavy atom. The third-order valence-corrected chi connectivity index (χ3v) is 3.89. The van der Waals surface area contributed by atoms with Crippen molar-refractivity contribution in [2.45, 2.75) is 37.5 Å². The Hall–Kier alpha value is -1.84. The molecule has 0 aliphatic heterocycles. The quantitative estimate of drug-likeness (QED) is 0.900. The van der Waals surface area contributed by atoms with Gasteiger partial charge in [-0.2, -0.15) is 0 Å². The molecule has 2 aliphatic carbocycles. The third-order valence-electron chi connectivity index (χ3n) is 3.89. The third kappa shape index (κ3) is 1.45. The summed E-state index contributed by atoms with van der Waals surface area (Å²) in [5.74, 6) is 0.160. The number of aromatic carboxylic acids is 1. The van der Waals surface area contributed by atoms with Crippen LogP contribution in [0.25, 0.3) is 5.65 Å². The zero-order chi connectivity index (χ0) is 12.3. The number of pyridine rings is 1. The average Bonchev–Trinajstić information content (AvgIpc) is 3.22. The average molecular weight is 242 g/mol. The molecule has 4 rings (SSSR count). The molecule has 18 heavy (non-hydrogen) atoms. The van der Waals surface area contributed by atoms with Crippen molar-refractivity contribution < 1.29 is 9.90 Å². The molecule has 0 spiro atoms. The molecule has 2 saturated carbocycles. The lowest BCUT2D eigenvalue weighted by atomic mass is 10.2. The van der Waals surface area contributed by atoms with Crippen LogP contribution in [0.3, 0.4) is 0 Å². The van der Waals surface area contributed by atoms with Crippen LogP contribution in [0, 0.1) is 0 Å². The van der Waals surface area contributed by atoms with E-state index in [2.05, 4.69) is 11.1 Å². The minimum absolute atomic E-state index is 0.356. The van der Waals surface area contributed by atoms with E-state index in [9.17, 15) is 9.90 Å². The van der Waals surface area contributed by atoms with Crippen LogP contribution in [0.1, 0.15) is 59.3 Å². The summed E-state index contributed by atoms with van der Waals surface area (Å²) in [6, 6.07) is 4.09. The van der Waals surface area contributed by atoms with E-state index in [1.54, 1.807) is 4.40 Å². The van der Waals surface area contributed by atoms with Crippen LogP contribution in [0.4, 0.5) is 0 Å². The Kier molecular flexibility index (Phi) is 1.88. The van der Waals surface area contributed by atoms with Crippen molar-refractivity contribution >= 4 is 11.6 Å². The minimum Gasteiger partial charge on any atom is -0.477 e. The maximum atomic E-state index is 11.4. The van der Waals surface area contributed by atoms with Gasteiger partial charge in [-0.3, -0.25) is 4.40 Å². The number of hydrogen-bond acceptors (Lipinski definition) is 2. The van der Waals surface area contributed by atoms with Crippen molar-refractivity contribution in [1.29, 1.82) is 0 Å². The van der Waals surface area contributed by atoms with Gasteiger partial charge in [-0.25, -0.2) is 9.78 Å². The van der Waals surface area contributed by atoms with Crippen LogP contribution >= 0.6 is 0 Å². The van der Waals surface area contributed by atoms with E-state index in [-0.39, 0.29) is 0 Å². The molecule has 0 radical (unpaired) electrons. The highest BCUT2D eigenvalue weighted by molar-refractivity contribution is 5.88. The van der Waals surface area contributed by atoms with E-state index in [1.807, 2.05) is 12.3 Å². The number of carboxylic acids is 1. The van der Waals surface area contributed by atoms with Crippen molar-refractivity contribution in [3.63, 3.8) is 0 Å². The SMILES string of the molecule is O=C(O)c1c(C2CC2)nc2cc(C3CC3)ccn12. The van der Waals surface area contributed by atoms with E-state index in [0.29, 0.717) is 17.5 Å². The first-order valence-corrected chi connectivity index (χ1v) is 6.49. The Balaban J connectivity index is 1.93. The summed E-state index contributed by atoms with van der Waals surface area (Å²) >= 11 is 0. The zero-order valence-electron chi connectivity index (χ0n) is 9.97. The summed E-state index contributed by atoms with van der Waals surface area (Å²) in [5.41, 5.74) is 3.22. The van der Waals surface area contributed by atoms with Gasteiger partial charge in [0.2, 0.25) is 0 Å². The van der Waals surface area contributed by atoms with Crippen LogP contribution in [0.15, 0.2) is 18.3 Å². The van der Waals surface area contributed by atoms with Gasteiger partial charge in [-0.1, -0.05) is 0 Å². The molecule has 0 aromatic carbocycles. The first-order valence-electron chi connectivity index (χ1n) is 6.49. The normalized spacial score (nSPS) is 19.3. The summed E-state index contributed by atoms with van der Waals surface area (Å²) in [6.45, 7) is 0. The highest BCUT2D eigenvalue weighted by Gasteiger charge is 2.33. The number of carbonyl (C=O) groups is 1. The molecule has 0 amide bonds. The van der Waals surface area contributed by atoms with E-state index in [4.69, 9.17) is 0 Å². The molecule has 0 saturated heterocycles. The van der Waals surface area contributed by atoms with Crippen LogP contribution in [-0.2, 0) is 0 Å². The zero-order valence-corrected chi connectivity index (χ0v) is 9.97. The van der Waals surface area contributed by atoms with Crippen molar-refractivity contribution in [1.82, 2.24) is 9.38 Å². The molecule has 0 unspecified atom stereocenters. The Bertz CT molecular complexity index is 651. The van der Waals surface area contributed by atoms with E-state index >= 15 is 0 Å². The molecular formula is C14H14N2O2. The second kappa shape index (κ2) is 3.34. The van der Waals surface area contributed by atoms with Crippen molar-refractivity contribution in [2.24, 2.45) is 0 Å². The highest BCUT2D eigenvalue weighted by atomic mass is 16.4. The standard InChI is InChI=1S/C14H14N2O2/c17-14(18)13-12(9-3-4-9)15-11-7-10(8-1-2-8)5-6-16(11)13/h5-9H,1-4H2,(H,17,18). The smallest absolute Gasteiger partial charge is 0.354 e. The molecule has 4 nitrogen and oxygen atoms in total. The van der Waals surface area contributed by atoms with Gasteiger partial charge >= 0.3 is 5.97 Å². The molecule has 2 heterocycles. The van der Waals surface area contributed by atoms with Crippen molar-refractivity contribution in [3.05, 3.63) is 35.3 Å². The predicted molar refractivity (Wildman–Crippen MR) is 66.1 cm³/mol. The Morgan fingerprint density at radius 2 is 2.00 bits per heavy atom. The van der Waals surface area contributed by atoms with Crippen LogP contribution in [0.2, 0.25) is 0 Å². The minimum atomic E-state index is -0.872. The molecule has 2 aromatic heterocycles. The molecule has 92 valence electrons. The van der Waals surface area contributed by atoms with E-state index in [0.717, 1.165) is 24.2 Å². The van der Waals surface area contributed by atoms with Crippen LogP contribution < -0.4 is 0 Å². The summed E-state index contributed by atoms with van der Waals surface area (Å²) in [5, 5.41) is 9.36. The first kappa shape index (κ1) is 10.1. The van der Waals surface area contributed by atoms with Crippen LogP contribution in [-0.4, -0.2) is 20.5 Å². The summed E-state index contributed by atoms with van der Waals surface area (Å²) in [6.07, 6.45) is 6.50. The Morgan fingerprint density at radius 3 is 2.61 bits per heavy atom. The lowest BCUT2D eigenvalue weighted by Gasteiger charge is -2.01. The van der Waals surface area contributed by atoms with Crippen LogP contribution in [0.5, 0.6) is 0 Å². The van der Waals surface area contributed by atoms with Gasteiger partial charge in [0.1, 0.15) is 5.65 Å². The second-order valence-electron chi connectivity index (χ2n) is 5.39. The molecule has 2 aromatic rings. The molecule has 1 N–H and O–H groups in total. The number of imidazole rings is 1. The van der Waals surface area contributed by atoms with E-state index in [1.165, 1.54) is 18.4 Å². The fraction of sp³-hybridized carbons (Fsp3) is 0.429. The number of rotatable bonds is 3. The maximum Gasteiger partial charge on any atom is 0.354 e. The van der Waals surface area contributed by atoms with Gasteiger partial charge in [-0.05, 0) is 49.3 Å². The van der Waals surface area contributed by atoms with Gasteiger partial charge in [0.15, 0.2) is 5.69 Å². The van der Waals surface area contributed by atoms with Gasteiger partial charge in [0.25, 0.3) is 0 Å². The van der Waals surface area contributed by atoms with Crippen molar-refractivity contribution in [3.8, 4) is 0 Å². The fourth-order valence-corrected chi connectivity index (χ4v) is 2.60. The Labute approximate surface area is 104 Å². The summed E-state index contributed by atoms with van der Waals surface area (Å²) in [7, 11) is 0. The molecule has 4 heteroatoms. The highest BCUT2D eigenvalue weighted by Crippen LogP contribution is 2.43. The maximum absolute atomic E-state index is 11.4. The molecule has 0 bridgehead atoms. The second-order valence-corrected chi connectivity index (χ2v) is 5.39. The predicted octanol–water partition coefficient (Wildman–Crippen LogP) is 2.79. The van der Waals surface area contributed by atoms with Crippen molar-refractivity contribution in [2.75, 3.05) is 0 Å². The lowest BCUT2D eigenvalue weighted by molar-refractivity contribution is 0.0688. The monoisotopic (exact) mass is 242 g/mol. The molecular weight excluding hydrogens is 228 g/mol. The van der Waals surface area contributed by atoms with Gasteiger partial charge < -0.3 is 5.11 Å². The lowest BCUT2D eigenvalue weighted by Crippen LogP contribution is -2.04. The topological polar surface area (TPSA) is 54.6 Å².